The summed E-state index contributed by atoms with van der Waals surface area (Å²) in [6.07, 6.45) is 2.75. The number of hydrogen-bond donors (Lipinski definition) is 3. The standard InChI is InChI=1S/C12H18N4O3/c1-8-12(19)10(9(7-17)4-13-8)5-14-15-11(18)6-16(2)3/h4-5,17,19H,6-7H2,1-3H3,(H,15,18)/b14-5+. The zero-order valence-corrected chi connectivity index (χ0v) is 11.2. The molecule has 1 amide bonds. The average molecular weight is 266 g/mol. The molecule has 0 saturated carbocycles. The first-order valence-corrected chi connectivity index (χ1v) is 5.70. The fraction of sp³-hybridized carbons (Fsp3) is 0.417. The van der Waals surface area contributed by atoms with Gasteiger partial charge in [0.15, 0.2) is 0 Å². The van der Waals surface area contributed by atoms with Crippen molar-refractivity contribution >= 4 is 12.1 Å². The minimum absolute atomic E-state index is 0.0582. The van der Waals surface area contributed by atoms with Crippen molar-refractivity contribution in [1.82, 2.24) is 15.3 Å². The van der Waals surface area contributed by atoms with Crippen LogP contribution in [0.1, 0.15) is 16.8 Å². The number of likely N-dealkylation sites (N-methyl/N-ethyl adjacent to an activating group) is 1. The van der Waals surface area contributed by atoms with Gasteiger partial charge in [-0.1, -0.05) is 0 Å². The van der Waals surface area contributed by atoms with Crippen molar-refractivity contribution in [2.75, 3.05) is 20.6 Å². The van der Waals surface area contributed by atoms with E-state index in [0.29, 0.717) is 16.8 Å². The largest absolute Gasteiger partial charge is 0.505 e. The number of aliphatic hydroxyl groups excluding tert-OH is 1. The van der Waals surface area contributed by atoms with Crippen molar-refractivity contribution in [3.05, 3.63) is 23.0 Å². The van der Waals surface area contributed by atoms with Crippen LogP contribution < -0.4 is 5.43 Å². The van der Waals surface area contributed by atoms with E-state index in [9.17, 15) is 9.90 Å². The van der Waals surface area contributed by atoms with Crippen LogP contribution in [-0.4, -0.2) is 52.9 Å². The summed E-state index contributed by atoms with van der Waals surface area (Å²) in [7, 11) is 3.54. The fourth-order valence-corrected chi connectivity index (χ4v) is 1.41. The third-order valence-electron chi connectivity index (χ3n) is 2.37. The van der Waals surface area contributed by atoms with Crippen molar-refractivity contribution in [1.29, 1.82) is 0 Å². The number of carbonyl (C=O) groups excluding carboxylic acids is 1. The Balaban J connectivity index is 2.81. The van der Waals surface area contributed by atoms with Crippen molar-refractivity contribution < 1.29 is 15.0 Å². The molecule has 19 heavy (non-hydrogen) atoms. The summed E-state index contributed by atoms with van der Waals surface area (Å²) in [5, 5.41) is 22.7. The zero-order valence-electron chi connectivity index (χ0n) is 11.2. The van der Waals surface area contributed by atoms with Gasteiger partial charge >= 0.3 is 0 Å². The molecular weight excluding hydrogens is 248 g/mol. The molecule has 0 aliphatic rings. The van der Waals surface area contributed by atoms with E-state index in [-0.39, 0.29) is 24.8 Å². The van der Waals surface area contributed by atoms with Gasteiger partial charge in [0, 0.05) is 17.3 Å². The minimum atomic E-state index is -0.270. The van der Waals surface area contributed by atoms with Gasteiger partial charge in [-0.2, -0.15) is 5.10 Å². The van der Waals surface area contributed by atoms with E-state index in [1.54, 1.807) is 25.9 Å². The van der Waals surface area contributed by atoms with Crippen LogP contribution >= 0.6 is 0 Å². The highest BCUT2D eigenvalue weighted by Crippen LogP contribution is 2.21. The highest BCUT2D eigenvalue weighted by atomic mass is 16.3. The molecule has 0 aromatic carbocycles. The first-order chi connectivity index (χ1) is 8.95. The Hall–Kier alpha value is -1.99. The van der Waals surface area contributed by atoms with Gasteiger partial charge in [-0.25, -0.2) is 5.43 Å². The number of aliphatic hydroxyl groups is 1. The first kappa shape index (κ1) is 15.1. The summed E-state index contributed by atoms with van der Waals surface area (Å²) in [5.74, 6) is -0.325. The maximum atomic E-state index is 11.4. The Morgan fingerprint density at radius 1 is 1.58 bits per heavy atom. The van der Waals surface area contributed by atoms with Crippen LogP contribution in [0.2, 0.25) is 0 Å². The fourth-order valence-electron chi connectivity index (χ4n) is 1.41. The number of carbonyl (C=O) groups is 1. The highest BCUT2D eigenvalue weighted by Gasteiger charge is 2.09. The van der Waals surface area contributed by atoms with E-state index in [1.165, 1.54) is 12.4 Å². The number of nitrogens with zero attached hydrogens (tertiary/aromatic N) is 3. The van der Waals surface area contributed by atoms with Crippen LogP contribution in [-0.2, 0) is 11.4 Å². The molecule has 0 atom stereocenters. The molecule has 7 nitrogen and oxygen atoms in total. The van der Waals surface area contributed by atoms with Gasteiger partial charge in [0.2, 0.25) is 0 Å². The lowest BCUT2D eigenvalue weighted by Crippen LogP contribution is -2.30. The van der Waals surface area contributed by atoms with Crippen molar-refractivity contribution in [2.45, 2.75) is 13.5 Å². The van der Waals surface area contributed by atoms with E-state index >= 15 is 0 Å². The summed E-state index contributed by atoms with van der Waals surface area (Å²) in [4.78, 5) is 17.0. The smallest absolute Gasteiger partial charge is 0.254 e. The number of aromatic nitrogens is 1. The molecule has 0 aliphatic carbocycles. The lowest BCUT2D eigenvalue weighted by atomic mass is 10.1. The lowest BCUT2D eigenvalue weighted by molar-refractivity contribution is -0.121. The number of aryl methyl sites for hydroxylation is 1. The molecule has 0 aliphatic heterocycles. The summed E-state index contributed by atoms with van der Waals surface area (Å²) in [5.41, 5.74) is 3.55. The molecule has 1 aromatic rings. The summed E-state index contributed by atoms with van der Waals surface area (Å²) >= 11 is 0. The molecule has 0 radical (unpaired) electrons. The van der Waals surface area contributed by atoms with E-state index in [2.05, 4.69) is 15.5 Å². The number of hydrazone groups is 1. The van der Waals surface area contributed by atoms with Crippen LogP contribution in [0.3, 0.4) is 0 Å². The van der Waals surface area contributed by atoms with Crippen molar-refractivity contribution in [3.8, 4) is 5.75 Å². The molecule has 0 unspecified atom stereocenters. The van der Waals surface area contributed by atoms with Gasteiger partial charge in [0.05, 0.1) is 25.1 Å². The second kappa shape index (κ2) is 6.81. The molecule has 1 rings (SSSR count). The van der Waals surface area contributed by atoms with Crippen LogP contribution in [0.4, 0.5) is 0 Å². The van der Waals surface area contributed by atoms with Gasteiger partial charge < -0.3 is 15.1 Å². The molecule has 0 spiro atoms. The van der Waals surface area contributed by atoms with Crippen molar-refractivity contribution in [2.24, 2.45) is 5.10 Å². The second-order valence-corrected chi connectivity index (χ2v) is 4.32. The Morgan fingerprint density at radius 3 is 2.84 bits per heavy atom. The lowest BCUT2D eigenvalue weighted by Gasteiger charge is -2.08. The quantitative estimate of drug-likeness (QED) is 0.497. The maximum Gasteiger partial charge on any atom is 0.254 e. The Bertz CT molecular complexity index is 486. The summed E-state index contributed by atoms with van der Waals surface area (Å²) < 4.78 is 0. The molecule has 104 valence electrons. The first-order valence-electron chi connectivity index (χ1n) is 5.70. The molecule has 3 N–H and O–H groups in total. The SMILES string of the molecule is Cc1ncc(CO)c(/C=N/NC(=O)CN(C)C)c1O. The molecule has 0 bridgehead atoms. The van der Waals surface area contributed by atoms with Gasteiger partial charge in [0.25, 0.3) is 5.91 Å². The number of aromatic hydroxyl groups is 1. The van der Waals surface area contributed by atoms with E-state index in [4.69, 9.17) is 5.11 Å². The predicted octanol–water partition coefficient (Wildman–Crippen LogP) is -0.400. The van der Waals surface area contributed by atoms with Crippen molar-refractivity contribution in [3.63, 3.8) is 0 Å². The van der Waals surface area contributed by atoms with E-state index in [0.717, 1.165) is 0 Å². The van der Waals surface area contributed by atoms with Gasteiger partial charge in [0.1, 0.15) is 5.75 Å². The van der Waals surface area contributed by atoms with Gasteiger partial charge in [-0.05, 0) is 21.0 Å². The number of hydrogen-bond acceptors (Lipinski definition) is 6. The molecule has 7 heteroatoms. The Morgan fingerprint density at radius 2 is 2.26 bits per heavy atom. The third kappa shape index (κ3) is 4.31. The van der Waals surface area contributed by atoms with Gasteiger partial charge in [-0.15, -0.1) is 0 Å². The van der Waals surface area contributed by atoms with E-state index < -0.39 is 0 Å². The summed E-state index contributed by atoms with van der Waals surface area (Å²) in [6, 6.07) is 0. The monoisotopic (exact) mass is 266 g/mol. The van der Waals surface area contributed by atoms with Crippen LogP contribution in [0.25, 0.3) is 0 Å². The Kier molecular flexibility index (Phi) is 5.40. The van der Waals surface area contributed by atoms with Crippen LogP contribution in [0.5, 0.6) is 5.75 Å². The van der Waals surface area contributed by atoms with Gasteiger partial charge in [-0.3, -0.25) is 9.78 Å². The maximum absolute atomic E-state index is 11.4. The van der Waals surface area contributed by atoms with E-state index in [1.807, 2.05) is 0 Å². The molecule has 1 aromatic heterocycles. The minimum Gasteiger partial charge on any atom is -0.505 e. The zero-order chi connectivity index (χ0) is 14.4. The molecule has 0 fully saturated rings. The number of pyridine rings is 1. The van der Waals surface area contributed by atoms with Crippen LogP contribution in [0, 0.1) is 6.92 Å². The number of nitrogens with one attached hydrogen (secondary N) is 1. The highest BCUT2D eigenvalue weighted by molar-refractivity contribution is 5.87. The second-order valence-electron chi connectivity index (χ2n) is 4.32. The number of amides is 1. The Labute approximate surface area is 111 Å². The normalized spacial score (nSPS) is 11.2. The topological polar surface area (TPSA) is 98.1 Å². The molecule has 0 saturated heterocycles. The summed E-state index contributed by atoms with van der Waals surface area (Å²) in [6.45, 7) is 1.58. The molecular formula is C12H18N4O3. The van der Waals surface area contributed by atoms with Crippen LogP contribution in [0.15, 0.2) is 11.3 Å². The predicted molar refractivity (Wildman–Crippen MR) is 70.9 cm³/mol. The molecule has 1 heterocycles. The average Bonchev–Trinajstić information content (AvgIpc) is 2.34. The number of rotatable bonds is 5. The third-order valence-corrected chi connectivity index (χ3v) is 2.37.